The number of hydrogen-bond acceptors (Lipinski definition) is 2. The third kappa shape index (κ3) is 2.70. The molecule has 1 heterocycles. The first kappa shape index (κ1) is 11.3. The van der Waals surface area contributed by atoms with E-state index in [1.54, 1.807) is 6.26 Å². The number of anilines is 1. The Labute approximate surface area is 102 Å². The average Bonchev–Trinajstić information content (AvgIpc) is 2.90. The molecule has 0 radical (unpaired) electrons. The van der Waals surface area contributed by atoms with Crippen LogP contribution in [0.4, 0.5) is 5.69 Å². The van der Waals surface area contributed by atoms with Crippen LogP contribution in [0.3, 0.4) is 0 Å². The van der Waals surface area contributed by atoms with Gasteiger partial charge in [-0.3, -0.25) is 0 Å². The molecule has 0 saturated carbocycles. The molecule has 0 saturated heterocycles. The van der Waals surface area contributed by atoms with E-state index in [1.807, 2.05) is 36.4 Å². The fraction of sp³-hybridized carbons (Fsp3) is 0.200. The highest BCUT2D eigenvalue weighted by atomic mass is 16.3. The minimum Gasteiger partial charge on any atom is -0.467 e. The minimum atomic E-state index is 0.179. The van der Waals surface area contributed by atoms with Gasteiger partial charge in [0.15, 0.2) is 0 Å². The Hall–Kier alpha value is -2.14. The van der Waals surface area contributed by atoms with Gasteiger partial charge in [-0.15, -0.1) is 6.42 Å². The van der Waals surface area contributed by atoms with Crippen molar-refractivity contribution in [1.29, 1.82) is 0 Å². The van der Waals surface area contributed by atoms with Crippen molar-refractivity contribution in [3.63, 3.8) is 0 Å². The largest absolute Gasteiger partial charge is 0.467 e. The van der Waals surface area contributed by atoms with E-state index < -0.39 is 0 Å². The number of hydrogen-bond donors (Lipinski definition) is 1. The number of nitrogens with one attached hydrogen (secondary N) is 1. The number of benzene rings is 1. The zero-order valence-corrected chi connectivity index (χ0v) is 9.81. The van der Waals surface area contributed by atoms with Crippen molar-refractivity contribution in [3.05, 3.63) is 54.0 Å². The van der Waals surface area contributed by atoms with Crippen molar-refractivity contribution in [3.8, 4) is 12.3 Å². The summed E-state index contributed by atoms with van der Waals surface area (Å²) in [5.41, 5.74) is 1.90. The fourth-order valence-corrected chi connectivity index (χ4v) is 1.76. The molecule has 0 aliphatic rings. The molecule has 2 heteroatoms. The molecule has 0 spiro atoms. The maximum Gasteiger partial charge on any atom is 0.125 e. The SMILES string of the molecule is C#Cc1cccc(NC(CC)c2ccco2)c1. The Morgan fingerprint density at radius 1 is 1.35 bits per heavy atom. The summed E-state index contributed by atoms with van der Waals surface area (Å²) in [6.45, 7) is 2.12. The van der Waals surface area contributed by atoms with Crippen molar-refractivity contribution < 1.29 is 4.42 Å². The molecule has 0 aliphatic carbocycles. The second-order valence-corrected chi connectivity index (χ2v) is 3.85. The summed E-state index contributed by atoms with van der Waals surface area (Å²) in [4.78, 5) is 0. The summed E-state index contributed by atoms with van der Waals surface area (Å²) in [6, 6.07) is 11.9. The third-order valence-electron chi connectivity index (χ3n) is 2.67. The number of furan rings is 1. The van der Waals surface area contributed by atoms with Crippen molar-refractivity contribution in [1.82, 2.24) is 0 Å². The summed E-state index contributed by atoms with van der Waals surface area (Å²) in [5, 5.41) is 3.42. The van der Waals surface area contributed by atoms with Gasteiger partial charge in [0, 0.05) is 11.3 Å². The maximum absolute atomic E-state index is 5.41. The molecule has 1 aromatic carbocycles. The second kappa shape index (κ2) is 5.27. The van der Waals surface area contributed by atoms with Crippen LogP contribution in [-0.4, -0.2) is 0 Å². The van der Waals surface area contributed by atoms with E-state index in [4.69, 9.17) is 10.8 Å². The zero-order valence-electron chi connectivity index (χ0n) is 9.81. The van der Waals surface area contributed by atoms with Crippen LogP contribution < -0.4 is 5.32 Å². The molecule has 0 amide bonds. The Morgan fingerprint density at radius 3 is 2.88 bits per heavy atom. The molecule has 86 valence electrons. The lowest BCUT2D eigenvalue weighted by Gasteiger charge is -2.16. The summed E-state index contributed by atoms with van der Waals surface area (Å²) < 4.78 is 5.41. The van der Waals surface area contributed by atoms with Crippen LogP contribution in [0.5, 0.6) is 0 Å². The van der Waals surface area contributed by atoms with Gasteiger partial charge in [-0.1, -0.05) is 18.9 Å². The van der Waals surface area contributed by atoms with E-state index in [1.165, 1.54) is 0 Å². The summed E-state index contributed by atoms with van der Waals surface area (Å²) in [5.74, 6) is 3.57. The highest BCUT2D eigenvalue weighted by Crippen LogP contribution is 2.23. The molecule has 0 fully saturated rings. The smallest absolute Gasteiger partial charge is 0.125 e. The van der Waals surface area contributed by atoms with E-state index >= 15 is 0 Å². The highest BCUT2D eigenvalue weighted by Gasteiger charge is 2.11. The standard InChI is InChI=1S/C15H15NO/c1-3-12-7-5-8-13(11-12)16-14(4-2)15-9-6-10-17-15/h1,5-11,14,16H,4H2,2H3. The summed E-state index contributed by atoms with van der Waals surface area (Å²) in [7, 11) is 0. The first-order chi connectivity index (χ1) is 8.33. The molecule has 1 unspecified atom stereocenters. The Balaban J connectivity index is 2.16. The van der Waals surface area contributed by atoms with Gasteiger partial charge in [0.25, 0.3) is 0 Å². The van der Waals surface area contributed by atoms with Crippen molar-refractivity contribution >= 4 is 5.69 Å². The Morgan fingerprint density at radius 2 is 2.24 bits per heavy atom. The number of rotatable bonds is 4. The molecular weight excluding hydrogens is 210 g/mol. The number of terminal acetylenes is 1. The normalized spacial score (nSPS) is 11.8. The van der Waals surface area contributed by atoms with Gasteiger partial charge in [0.05, 0.1) is 12.3 Å². The minimum absolute atomic E-state index is 0.179. The molecule has 0 aliphatic heterocycles. The van der Waals surface area contributed by atoms with Crippen LogP contribution in [0.2, 0.25) is 0 Å². The highest BCUT2D eigenvalue weighted by molar-refractivity contribution is 5.50. The first-order valence-electron chi connectivity index (χ1n) is 5.70. The van der Waals surface area contributed by atoms with Crippen LogP contribution in [0.25, 0.3) is 0 Å². The molecule has 2 nitrogen and oxygen atoms in total. The van der Waals surface area contributed by atoms with Gasteiger partial charge < -0.3 is 9.73 Å². The molecule has 1 aromatic heterocycles. The van der Waals surface area contributed by atoms with Crippen molar-refractivity contribution in [2.45, 2.75) is 19.4 Å². The predicted molar refractivity (Wildman–Crippen MR) is 69.7 cm³/mol. The van der Waals surface area contributed by atoms with Gasteiger partial charge in [0.1, 0.15) is 5.76 Å². The summed E-state index contributed by atoms with van der Waals surface area (Å²) in [6.07, 6.45) is 8.02. The van der Waals surface area contributed by atoms with Gasteiger partial charge in [-0.2, -0.15) is 0 Å². The molecule has 2 rings (SSSR count). The molecule has 1 N–H and O–H groups in total. The molecule has 0 bridgehead atoms. The van der Waals surface area contributed by atoms with Crippen LogP contribution in [0, 0.1) is 12.3 Å². The van der Waals surface area contributed by atoms with Gasteiger partial charge >= 0.3 is 0 Å². The first-order valence-corrected chi connectivity index (χ1v) is 5.70. The van der Waals surface area contributed by atoms with Gasteiger partial charge in [0.2, 0.25) is 0 Å². The quantitative estimate of drug-likeness (QED) is 0.800. The lowest BCUT2D eigenvalue weighted by Crippen LogP contribution is -2.08. The maximum atomic E-state index is 5.41. The fourth-order valence-electron chi connectivity index (χ4n) is 1.76. The van der Waals surface area contributed by atoms with Crippen LogP contribution >= 0.6 is 0 Å². The predicted octanol–water partition coefficient (Wildman–Crippen LogP) is 3.82. The van der Waals surface area contributed by atoms with Crippen molar-refractivity contribution in [2.75, 3.05) is 5.32 Å². The van der Waals surface area contributed by atoms with E-state index in [9.17, 15) is 0 Å². The Bertz CT molecular complexity index is 508. The van der Waals surface area contributed by atoms with E-state index in [2.05, 4.69) is 18.2 Å². The van der Waals surface area contributed by atoms with Gasteiger partial charge in [-0.05, 0) is 36.8 Å². The van der Waals surface area contributed by atoms with Crippen molar-refractivity contribution in [2.24, 2.45) is 0 Å². The third-order valence-corrected chi connectivity index (χ3v) is 2.67. The lowest BCUT2D eigenvalue weighted by atomic mass is 10.1. The van der Waals surface area contributed by atoms with Crippen LogP contribution in [0.15, 0.2) is 47.1 Å². The molecule has 1 atom stereocenters. The topological polar surface area (TPSA) is 25.2 Å². The monoisotopic (exact) mass is 225 g/mol. The average molecular weight is 225 g/mol. The Kier molecular flexibility index (Phi) is 3.52. The van der Waals surface area contributed by atoms with E-state index in [0.29, 0.717) is 0 Å². The van der Waals surface area contributed by atoms with E-state index in [-0.39, 0.29) is 6.04 Å². The molecule has 2 aromatic rings. The summed E-state index contributed by atoms with van der Waals surface area (Å²) >= 11 is 0. The second-order valence-electron chi connectivity index (χ2n) is 3.85. The van der Waals surface area contributed by atoms with E-state index in [0.717, 1.165) is 23.4 Å². The van der Waals surface area contributed by atoms with Gasteiger partial charge in [-0.25, -0.2) is 0 Å². The molecule has 17 heavy (non-hydrogen) atoms. The molecular formula is C15H15NO. The zero-order chi connectivity index (χ0) is 12.1. The van der Waals surface area contributed by atoms with Crippen LogP contribution in [-0.2, 0) is 0 Å². The lowest BCUT2D eigenvalue weighted by molar-refractivity contribution is 0.474. The van der Waals surface area contributed by atoms with Crippen LogP contribution in [0.1, 0.15) is 30.7 Å².